The summed E-state index contributed by atoms with van der Waals surface area (Å²) in [4.78, 5) is 11.9. The molecule has 0 aliphatic rings. The van der Waals surface area contributed by atoms with E-state index in [1.54, 1.807) is 0 Å². The van der Waals surface area contributed by atoms with E-state index in [1.165, 1.54) is 0 Å². The molecule has 0 aromatic heterocycles. The maximum atomic E-state index is 11.9. The highest BCUT2D eigenvalue weighted by molar-refractivity contribution is 5.86. The molecule has 0 saturated heterocycles. The Bertz CT molecular complexity index is 175. The summed E-state index contributed by atoms with van der Waals surface area (Å²) in [5.41, 5.74) is 0. The monoisotopic (exact) mass is 199 g/mol. The molecule has 0 bridgehead atoms. The second-order valence-electron chi connectivity index (χ2n) is 4.74. The average Bonchev–Trinajstić information content (AvgIpc) is 2.11. The highest BCUT2D eigenvalue weighted by Gasteiger charge is 2.25. The zero-order valence-corrected chi connectivity index (χ0v) is 10.4. The third kappa shape index (κ3) is 4.23. The maximum absolute atomic E-state index is 11.9. The van der Waals surface area contributed by atoms with Gasteiger partial charge in [0.25, 0.3) is 0 Å². The fourth-order valence-electron chi connectivity index (χ4n) is 1.48. The molecular weight excluding hydrogens is 174 g/mol. The predicted octanol–water partition coefficient (Wildman–Crippen LogP) is 2.62. The van der Waals surface area contributed by atoms with Crippen molar-refractivity contribution in [1.82, 2.24) is 5.32 Å². The standard InChI is InChI=1S/C12H25NO/c1-7-10(6)11(13-9(4)5)12(14)8(2)3/h8-11,13H,7H2,1-6H3/t10?,11-/m0/s1. The Kier molecular flexibility index (Phi) is 6.01. The van der Waals surface area contributed by atoms with Gasteiger partial charge in [-0.15, -0.1) is 0 Å². The molecule has 0 aromatic rings. The highest BCUT2D eigenvalue weighted by atomic mass is 16.1. The van der Waals surface area contributed by atoms with Crippen molar-refractivity contribution in [1.29, 1.82) is 0 Å². The van der Waals surface area contributed by atoms with Crippen molar-refractivity contribution in [3.05, 3.63) is 0 Å². The minimum Gasteiger partial charge on any atom is -0.305 e. The minimum absolute atomic E-state index is 0.0278. The first kappa shape index (κ1) is 13.6. The van der Waals surface area contributed by atoms with Crippen LogP contribution in [0.5, 0.6) is 0 Å². The summed E-state index contributed by atoms with van der Waals surface area (Å²) in [6, 6.07) is 0.400. The van der Waals surface area contributed by atoms with Crippen molar-refractivity contribution in [3.8, 4) is 0 Å². The topological polar surface area (TPSA) is 29.1 Å². The van der Waals surface area contributed by atoms with Gasteiger partial charge in [-0.2, -0.15) is 0 Å². The number of Topliss-reactive ketones (excluding diaryl/α,β-unsaturated/α-hetero) is 1. The summed E-state index contributed by atoms with van der Waals surface area (Å²) in [7, 11) is 0. The van der Waals surface area contributed by atoms with Gasteiger partial charge in [0.15, 0.2) is 5.78 Å². The van der Waals surface area contributed by atoms with E-state index in [-0.39, 0.29) is 12.0 Å². The van der Waals surface area contributed by atoms with Gasteiger partial charge in [-0.1, -0.05) is 48.0 Å². The summed E-state index contributed by atoms with van der Waals surface area (Å²) in [6.45, 7) is 12.4. The molecule has 0 aromatic carbocycles. The predicted molar refractivity (Wildman–Crippen MR) is 61.4 cm³/mol. The Labute approximate surface area is 88.5 Å². The first-order chi connectivity index (χ1) is 6.40. The molecule has 0 aliphatic carbocycles. The highest BCUT2D eigenvalue weighted by Crippen LogP contribution is 2.13. The van der Waals surface area contributed by atoms with E-state index in [0.29, 0.717) is 17.7 Å². The molecule has 0 spiro atoms. The fraction of sp³-hybridized carbons (Fsp3) is 0.917. The van der Waals surface area contributed by atoms with E-state index in [9.17, 15) is 4.79 Å². The first-order valence-electron chi connectivity index (χ1n) is 5.69. The van der Waals surface area contributed by atoms with Crippen LogP contribution in [0.3, 0.4) is 0 Å². The van der Waals surface area contributed by atoms with E-state index in [0.717, 1.165) is 6.42 Å². The Balaban J connectivity index is 4.46. The lowest BCUT2D eigenvalue weighted by atomic mass is 9.90. The fourth-order valence-corrected chi connectivity index (χ4v) is 1.48. The van der Waals surface area contributed by atoms with E-state index in [2.05, 4.69) is 33.0 Å². The molecule has 2 atom stereocenters. The molecule has 2 heteroatoms. The van der Waals surface area contributed by atoms with Crippen LogP contribution in [0, 0.1) is 11.8 Å². The third-order valence-electron chi connectivity index (χ3n) is 2.60. The van der Waals surface area contributed by atoms with E-state index in [4.69, 9.17) is 0 Å². The van der Waals surface area contributed by atoms with Crippen molar-refractivity contribution in [2.24, 2.45) is 11.8 Å². The van der Waals surface area contributed by atoms with Crippen LogP contribution < -0.4 is 5.32 Å². The molecule has 0 rings (SSSR count). The Hall–Kier alpha value is -0.370. The molecule has 1 unspecified atom stereocenters. The van der Waals surface area contributed by atoms with Crippen molar-refractivity contribution in [2.75, 3.05) is 0 Å². The van der Waals surface area contributed by atoms with Crippen LogP contribution in [0.1, 0.15) is 48.0 Å². The number of nitrogens with one attached hydrogen (secondary N) is 1. The Morgan fingerprint density at radius 3 is 1.93 bits per heavy atom. The van der Waals surface area contributed by atoms with Crippen LogP contribution in [-0.4, -0.2) is 17.9 Å². The van der Waals surface area contributed by atoms with Crippen LogP contribution in [0.4, 0.5) is 0 Å². The number of carbonyl (C=O) groups is 1. The van der Waals surface area contributed by atoms with Crippen LogP contribution in [0.25, 0.3) is 0 Å². The van der Waals surface area contributed by atoms with Gasteiger partial charge >= 0.3 is 0 Å². The van der Waals surface area contributed by atoms with Gasteiger partial charge in [0.1, 0.15) is 0 Å². The molecule has 0 amide bonds. The summed E-state index contributed by atoms with van der Waals surface area (Å²) < 4.78 is 0. The Morgan fingerprint density at radius 2 is 1.64 bits per heavy atom. The molecule has 2 nitrogen and oxygen atoms in total. The van der Waals surface area contributed by atoms with E-state index in [1.807, 2.05) is 13.8 Å². The zero-order chi connectivity index (χ0) is 11.3. The smallest absolute Gasteiger partial charge is 0.152 e. The molecule has 0 radical (unpaired) electrons. The molecule has 0 fully saturated rings. The van der Waals surface area contributed by atoms with Gasteiger partial charge < -0.3 is 5.32 Å². The molecule has 0 heterocycles. The van der Waals surface area contributed by atoms with Crippen LogP contribution in [0.15, 0.2) is 0 Å². The molecule has 84 valence electrons. The number of ketones is 1. The third-order valence-corrected chi connectivity index (χ3v) is 2.60. The van der Waals surface area contributed by atoms with Gasteiger partial charge in [0, 0.05) is 12.0 Å². The van der Waals surface area contributed by atoms with Crippen LogP contribution in [-0.2, 0) is 4.79 Å². The average molecular weight is 199 g/mol. The van der Waals surface area contributed by atoms with E-state index < -0.39 is 0 Å². The van der Waals surface area contributed by atoms with Crippen molar-refractivity contribution in [3.63, 3.8) is 0 Å². The molecule has 1 N–H and O–H groups in total. The second kappa shape index (κ2) is 6.18. The lowest BCUT2D eigenvalue weighted by Gasteiger charge is -2.26. The Morgan fingerprint density at radius 1 is 1.14 bits per heavy atom. The SMILES string of the molecule is CCC(C)[C@H](NC(C)C)C(=O)C(C)C. The van der Waals surface area contributed by atoms with Crippen molar-refractivity contribution < 1.29 is 4.79 Å². The normalized spacial score (nSPS) is 16.0. The largest absolute Gasteiger partial charge is 0.305 e. The van der Waals surface area contributed by atoms with Gasteiger partial charge in [-0.3, -0.25) is 4.79 Å². The summed E-state index contributed by atoms with van der Waals surface area (Å²) in [5, 5.41) is 3.36. The van der Waals surface area contributed by atoms with Gasteiger partial charge in [0.2, 0.25) is 0 Å². The number of hydrogen-bond donors (Lipinski definition) is 1. The lowest BCUT2D eigenvalue weighted by Crippen LogP contribution is -2.46. The summed E-state index contributed by atoms with van der Waals surface area (Å²) in [5.74, 6) is 0.889. The second-order valence-corrected chi connectivity index (χ2v) is 4.74. The molecular formula is C12H25NO. The number of hydrogen-bond acceptors (Lipinski definition) is 2. The molecule has 14 heavy (non-hydrogen) atoms. The molecule has 0 saturated carbocycles. The zero-order valence-electron chi connectivity index (χ0n) is 10.4. The van der Waals surface area contributed by atoms with Crippen LogP contribution >= 0.6 is 0 Å². The van der Waals surface area contributed by atoms with E-state index >= 15 is 0 Å². The quantitative estimate of drug-likeness (QED) is 0.712. The van der Waals surface area contributed by atoms with Gasteiger partial charge in [-0.25, -0.2) is 0 Å². The number of rotatable bonds is 6. The molecule has 0 aliphatic heterocycles. The minimum atomic E-state index is 0.0278. The van der Waals surface area contributed by atoms with Gasteiger partial charge in [0.05, 0.1) is 6.04 Å². The number of carbonyl (C=O) groups excluding carboxylic acids is 1. The first-order valence-corrected chi connectivity index (χ1v) is 5.69. The summed E-state index contributed by atoms with van der Waals surface area (Å²) in [6.07, 6.45) is 1.04. The van der Waals surface area contributed by atoms with Gasteiger partial charge in [-0.05, 0) is 5.92 Å². The summed E-state index contributed by atoms with van der Waals surface area (Å²) >= 11 is 0. The van der Waals surface area contributed by atoms with Crippen molar-refractivity contribution >= 4 is 5.78 Å². The lowest BCUT2D eigenvalue weighted by molar-refractivity contribution is -0.125. The van der Waals surface area contributed by atoms with Crippen molar-refractivity contribution in [2.45, 2.75) is 60.0 Å². The maximum Gasteiger partial charge on any atom is 0.152 e. The van der Waals surface area contributed by atoms with Crippen LogP contribution in [0.2, 0.25) is 0 Å².